The van der Waals surface area contributed by atoms with Gasteiger partial charge in [0, 0.05) is 6.20 Å². The van der Waals surface area contributed by atoms with Crippen molar-refractivity contribution in [1.82, 2.24) is 9.97 Å². The molecule has 2 aromatic heterocycles. The molecule has 0 aliphatic rings. The number of rotatable bonds is 2. The van der Waals surface area contributed by atoms with E-state index in [0.29, 0.717) is 5.69 Å². The maximum Gasteiger partial charge on any atom is 0.116 e. The molecule has 16 heavy (non-hydrogen) atoms. The van der Waals surface area contributed by atoms with Gasteiger partial charge in [-0.1, -0.05) is 0 Å². The second-order valence-electron chi connectivity index (χ2n) is 3.28. The molecule has 2 heterocycles. The number of anilines is 1. The second kappa shape index (κ2) is 4.84. The molecular formula is C11H10BrN3S. The standard InChI is InChI=1S/C11H10BrN3S/c1-7-5-8(13)6-15-10(7)16-11-9(12)3-2-4-14-11/h2-6H,13H2,1H3. The largest absolute Gasteiger partial charge is 0.397 e. The summed E-state index contributed by atoms with van der Waals surface area (Å²) in [5.41, 5.74) is 7.39. The Balaban J connectivity index is 2.31. The predicted octanol–water partition coefficient (Wildman–Crippen LogP) is 3.28. The van der Waals surface area contributed by atoms with Gasteiger partial charge in [-0.3, -0.25) is 0 Å². The van der Waals surface area contributed by atoms with Gasteiger partial charge in [0.2, 0.25) is 0 Å². The summed E-state index contributed by atoms with van der Waals surface area (Å²) in [5, 5.41) is 1.83. The third-order valence-corrected chi connectivity index (χ3v) is 4.01. The number of nitrogens with two attached hydrogens (primary N) is 1. The number of hydrogen-bond acceptors (Lipinski definition) is 4. The molecule has 0 fully saturated rings. The molecule has 0 bridgehead atoms. The number of nitrogens with zero attached hydrogens (tertiary/aromatic N) is 2. The molecule has 0 atom stereocenters. The first-order chi connectivity index (χ1) is 7.66. The van der Waals surface area contributed by atoms with Crippen LogP contribution in [-0.4, -0.2) is 9.97 Å². The molecule has 0 aromatic carbocycles. The van der Waals surface area contributed by atoms with Crippen LogP contribution in [0.1, 0.15) is 5.56 Å². The van der Waals surface area contributed by atoms with Crippen molar-refractivity contribution < 1.29 is 0 Å². The summed E-state index contributed by atoms with van der Waals surface area (Å²) in [4.78, 5) is 8.57. The maximum atomic E-state index is 5.65. The Kier molecular flexibility index (Phi) is 3.46. The van der Waals surface area contributed by atoms with Crippen LogP contribution in [0.2, 0.25) is 0 Å². The molecule has 0 amide bonds. The summed E-state index contributed by atoms with van der Waals surface area (Å²) in [6.45, 7) is 1.99. The van der Waals surface area contributed by atoms with Crippen LogP contribution in [0.5, 0.6) is 0 Å². The maximum absolute atomic E-state index is 5.65. The van der Waals surface area contributed by atoms with Gasteiger partial charge in [-0.15, -0.1) is 0 Å². The van der Waals surface area contributed by atoms with Crippen molar-refractivity contribution in [1.29, 1.82) is 0 Å². The molecule has 0 saturated carbocycles. The van der Waals surface area contributed by atoms with E-state index >= 15 is 0 Å². The molecule has 0 spiro atoms. The Morgan fingerprint density at radius 2 is 2.12 bits per heavy atom. The van der Waals surface area contributed by atoms with Crippen LogP contribution in [0.15, 0.2) is 45.1 Å². The lowest BCUT2D eigenvalue weighted by Crippen LogP contribution is -1.91. The van der Waals surface area contributed by atoms with Crippen molar-refractivity contribution in [3.63, 3.8) is 0 Å². The first kappa shape index (κ1) is 11.4. The molecule has 0 radical (unpaired) electrons. The molecule has 0 aliphatic carbocycles. The third kappa shape index (κ3) is 2.54. The van der Waals surface area contributed by atoms with Crippen LogP contribution in [0, 0.1) is 6.92 Å². The van der Waals surface area contributed by atoms with Gasteiger partial charge in [-0.2, -0.15) is 0 Å². The van der Waals surface area contributed by atoms with Crippen molar-refractivity contribution >= 4 is 33.4 Å². The normalized spacial score (nSPS) is 10.4. The summed E-state index contributed by atoms with van der Waals surface area (Å²) in [5.74, 6) is 0. The monoisotopic (exact) mass is 295 g/mol. The predicted molar refractivity (Wildman–Crippen MR) is 69.4 cm³/mol. The SMILES string of the molecule is Cc1cc(N)cnc1Sc1ncccc1Br. The summed E-state index contributed by atoms with van der Waals surface area (Å²) in [7, 11) is 0. The van der Waals surface area contributed by atoms with Gasteiger partial charge in [0.25, 0.3) is 0 Å². The van der Waals surface area contributed by atoms with Crippen molar-refractivity contribution in [3.8, 4) is 0 Å². The minimum Gasteiger partial charge on any atom is -0.397 e. The highest BCUT2D eigenvalue weighted by atomic mass is 79.9. The Morgan fingerprint density at radius 1 is 1.31 bits per heavy atom. The first-order valence-corrected chi connectivity index (χ1v) is 6.28. The van der Waals surface area contributed by atoms with E-state index in [0.717, 1.165) is 20.1 Å². The van der Waals surface area contributed by atoms with E-state index in [9.17, 15) is 0 Å². The van der Waals surface area contributed by atoms with E-state index in [-0.39, 0.29) is 0 Å². The summed E-state index contributed by atoms with van der Waals surface area (Å²) in [6, 6.07) is 5.76. The van der Waals surface area contributed by atoms with Crippen LogP contribution in [0.4, 0.5) is 5.69 Å². The minimum absolute atomic E-state index is 0.682. The van der Waals surface area contributed by atoms with Crippen LogP contribution in [0.3, 0.4) is 0 Å². The topological polar surface area (TPSA) is 51.8 Å². The number of hydrogen-bond donors (Lipinski definition) is 1. The molecule has 0 saturated heterocycles. The smallest absolute Gasteiger partial charge is 0.116 e. The van der Waals surface area contributed by atoms with Crippen molar-refractivity contribution in [3.05, 3.63) is 40.6 Å². The lowest BCUT2D eigenvalue weighted by Gasteiger charge is -2.05. The van der Waals surface area contributed by atoms with Gasteiger partial charge < -0.3 is 5.73 Å². The third-order valence-electron chi connectivity index (χ3n) is 1.97. The second-order valence-corrected chi connectivity index (χ2v) is 5.11. The van der Waals surface area contributed by atoms with Gasteiger partial charge in [0.1, 0.15) is 10.1 Å². The Labute approximate surface area is 107 Å². The molecule has 2 aromatic rings. The van der Waals surface area contributed by atoms with E-state index in [1.54, 1.807) is 12.4 Å². The molecule has 82 valence electrons. The van der Waals surface area contributed by atoms with Crippen LogP contribution < -0.4 is 5.73 Å². The molecule has 2 rings (SSSR count). The zero-order chi connectivity index (χ0) is 11.5. The van der Waals surface area contributed by atoms with E-state index in [2.05, 4.69) is 25.9 Å². The Bertz CT molecular complexity index is 516. The van der Waals surface area contributed by atoms with Crippen LogP contribution in [0.25, 0.3) is 0 Å². The lowest BCUT2D eigenvalue weighted by molar-refractivity contribution is 1.05. The van der Waals surface area contributed by atoms with Crippen LogP contribution >= 0.6 is 27.7 Å². The van der Waals surface area contributed by atoms with E-state index in [4.69, 9.17) is 5.73 Å². The summed E-state index contributed by atoms with van der Waals surface area (Å²) >= 11 is 4.98. The number of halogens is 1. The van der Waals surface area contributed by atoms with Crippen molar-refractivity contribution in [2.24, 2.45) is 0 Å². The van der Waals surface area contributed by atoms with Crippen molar-refractivity contribution in [2.45, 2.75) is 17.0 Å². The molecule has 0 aliphatic heterocycles. The minimum atomic E-state index is 0.682. The highest BCUT2D eigenvalue weighted by molar-refractivity contribution is 9.10. The fourth-order valence-corrected chi connectivity index (χ4v) is 2.51. The van der Waals surface area contributed by atoms with E-state index in [1.165, 1.54) is 11.8 Å². The highest BCUT2D eigenvalue weighted by Gasteiger charge is 2.06. The first-order valence-electron chi connectivity index (χ1n) is 4.67. The number of aryl methyl sites for hydroxylation is 1. The average molecular weight is 296 g/mol. The zero-order valence-corrected chi connectivity index (χ0v) is 11.0. The number of aromatic nitrogens is 2. The fourth-order valence-electron chi connectivity index (χ4n) is 1.23. The molecule has 3 nitrogen and oxygen atoms in total. The molecule has 2 N–H and O–H groups in total. The molecular weight excluding hydrogens is 286 g/mol. The summed E-state index contributed by atoms with van der Waals surface area (Å²) < 4.78 is 0.970. The molecule has 0 unspecified atom stereocenters. The molecule has 5 heteroatoms. The zero-order valence-electron chi connectivity index (χ0n) is 8.64. The van der Waals surface area contributed by atoms with E-state index in [1.807, 2.05) is 25.1 Å². The van der Waals surface area contributed by atoms with Gasteiger partial charge in [-0.25, -0.2) is 9.97 Å². The van der Waals surface area contributed by atoms with Gasteiger partial charge in [0.15, 0.2) is 0 Å². The highest BCUT2D eigenvalue weighted by Crippen LogP contribution is 2.32. The van der Waals surface area contributed by atoms with Gasteiger partial charge in [0.05, 0.1) is 16.4 Å². The Morgan fingerprint density at radius 3 is 2.81 bits per heavy atom. The van der Waals surface area contributed by atoms with E-state index < -0.39 is 0 Å². The van der Waals surface area contributed by atoms with Crippen molar-refractivity contribution in [2.75, 3.05) is 5.73 Å². The average Bonchev–Trinajstić information content (AvgIpc) is 2.25. The van der Waals surface area contributed by atoms with Gasteiger partial charge >= 0.3 is 0 Å². The summed E-state index contributed by atoms with van der Waals surface area (Å²) in [6.07, 6.45) is 3.42. The fraction of sp³-hybridized carbons (Fsp3) is 0.0909. The lowest BCUT2D eigenvalue weighted by atomic mass is 10.3. The number of pyridine rings is 2. The number of nitrogen functional groups attached to an aromatic ring is 1. The van der Waals surface area contributed by atoms with Gasteiger partial charge in [-0.05, 0) is 58.4 Å². The quantitative estimate of drug-likeness (QED) is 0.924. The van der Waals surface area contributed by atoms with Crippen LogP contribution in [-0.2, 0) is 0 Å². The Hall–Kier alpha value is -1.07.